The van der Waals surface area contributed by atoms with Gasteiger partial charge in [-0.2, -0.15) is 0 Å². The summed E-state index contributed by atoms with van der Waals surface area (Å²) in [6.45, 7) is 9.35. The van der Waals surface area contributed by atoms with Crippen LogP contribution < -0.4 is 34.0 Å². The highest BCUT2D eigenvalue weighted by molar-refractivity contribution is 5.72. The minimum atomic E-state index is -0.205. The van der Waals surface area contributed by atoms with Crippen LogP contribution in [0.3, 0.4) is 0 Å². The molecule has 0 aromatic heterocycles. The third-order valence-corrected chi connectivity index (χ3v) is 9.92. The van der Waals surface area contributed by atoms with Gasteiger partial charge in [-0.25, -0.2) is 0 Å². The van der Waals surface area contributed by atoms with Crippen molar-refractivity contribution < 1.29 is 62.0 Å². The number of hydrogen-bond donors (Lipinski definition) is 0. The highest BCUT2D eigenvalue weighted by Crippen LogP contribution is 2.14. The van der Waals surface area contributed by atoms with E-state index in [1.807, 2.05) is 0 Å². The topological polar surface area (TPSA) is 52.6 Å². The molecule has 0 aromatic rings. The number of rotatable bonds is 36. The normalized spacial score (nSPS) is 11.6. The number of carbonyl (C=O) groups excluding carboxylic acids is 2. The summed E-state index contributed by atoms with van der Waals surface area (Å²) in [5, 5.41) is 0. The second-order valence-electron chi connectivity index (χ2n) is 15.8. The SMILES string of the molecule is CCCCCCCCCCCCCC[N+](C)(C)CCOC(=O)CCCC(=O)OCC[N+](C)(C)CCCCCCCCCCCCCC.[Br-].[Br-]. The first kappa shape index (κ1) is 53.2. The number of halogens is 2. The van der Waals surface area contributed by atoms with Crippen LogP contribution in [0.1, 0.15) is 187 Å². The van der Waals surface area contributed by atoms with Crippen molar-refractivity contribution in [3.8, 4) is 0 Å². The fraction of sp³-hybridized carbons (Fsp3) is 0.951. The zero-order valence-corrected chi connectivity index (χ0v) is 36.8. The highest BCUT2D eigenvalue weighted by atomic mass is 79.9. The summed E-state index contributed by atoms with van der Waals surface area (Å²) in [6, 6.07) is 0. The van der Waals surface area contributed by atoms with Crippen molar-refractivity contribution >= 4 is 11.9 Å². The average Bonchev–Trinajstić information content (AvgIpc) is 3.02. The Bertz CT molecular complexity index is 664. The summed E-state index contributed by atoms with van der Waals surface area (Å²) in [7, 11) is 8.89. The van der Waals surface area contributed by atoms with Crippen LogP contribution in [0.5, 0.6) is 0 Å². The fourth-order valence-corrected chi connectivity index (χ4v) is 6.32. The molecule has 296 valence electrons. The monoisotopic (exact) mass is 826 g/mol. The molecule has 0 aliphatic rings. The van der Waals surface area contributed by atoms with Crippen LogP contribution in [0.15, 0.2) is 0 Å². The van der Waals surface area contributed by atoms with E-state index in [2.05, 4.69) is 42.0 Å². The molecular formula is C41H84Br2N2O4. The van der Waals surface area contributed by atoms with Gasteiger partial charge in [0.2, 0.25) is 0 Å². The van der Waals surface area contributed by atoms with Crippen molar-refractivity contribution in [1.82, 2.24) is 0 Å². The van der Waals surface area contributed by atoms with Crippen molar-refractivity contribution in [2.45, 2.75) is 187 Å². The van der Waals surface area contributed by atoms with E-state index in [4.69, 9.17) is 9.47 Å². The third-order valence-electron chi connectivity index (χ3n) is 9.92. The van der Waals surface area contributed by atoms with Gasteiger partial charge in [0, 0.05) is 12.8 Å². The van der Waals surface area contributed by atoms with Crippen LogP contribution in [0.4, 0.5) is 0 Å². The second-order valence-corrected chi connectivity index (χ2v) is 15.8. The molecule has 0 fully saturated rings. The van der Waals surface area contributed by atoms with E-state index in [1.165, 1.54) is 154 Å². The molecule has 0 heterocycles. The molecule has 0 aliphatic carbocycles. The summed E-state index contributed by atoms with van der Waals surface area (Å²) in [5.41, 5.74) is 0. The number of quaternary nitrogens is 2. The van der Waals surface area contributed by atoms with Gasteiger partial charge in [-0.15, -0.1) is 0 Å². The molecule has 0 rings (SSSR count). The molecule has 0 bridgehead atoms. The van der Waals surface area contributed by atoms with Crippen LogP contribution in [0.2, 0.25) is 0 Å². The summed E-state index contributed by atoms with van der Waals surface area (Å²) >= 11 is 0. The van der Waals surface area contributed by atoms with Gasteiger partial charge < -0.3 is 52.4 Å². The van der Waals surface area contributed by atoms with Crippen molar-refractivity contribution in [3.05, 3.63) is 0 Å². The molecule has 49 heavy (non-hydrogen) atoms. The number of carbonyl (C=O) groups is 2. The minimum absolute atomic E-state index is 0. The molecular weight excluding hydrogens is 744 g/mol. The predicted octanol–water partition coefficient (Wildman–Crippen LogP) is 4.81. The summed E-state index contributed by atoms with van der Waals surface area (Å²) in [4.78, 5) is 24.4. The molecule has 0 radical (unpaired) electrons. The molecule has 6 nitrogen and oxygen atoms in total. The lowest BCUT2D eigenvalue weighted by Gasteiger charge is -2.29. The second kappa shape index (κ2) is 37.6. The van der Waals surface area contributed by atoms with E-state index in [0.29, 0.717) is 19.6 Å². The van der Waals surface area contributed by atoms with E-state index < -0.39 is 0 Å². The van der Waals surface area contributed by atoms with E-state index >= 15 is 0 Å². The fourth-order valence-electron chi connectivity index (χ4n) is 6.32. The van der Waals surface area contributed by atoms with Gasteiger partial charge in [-0.05, 0) is 32.1 Å². The van der Waals surface area contributed by atoms with Crippen molar-refractivity contribution in [3.63, 3.8) is 0 Å². The van der Waals surface area contributed by atoms with Gasteiger partial charge >= 0.3 is 11.9 Å². The lowest BCUT2D eigenvalue weighted by Crippen LogP contribution is -3.00. The smallest absolute Gasteiger partial charge is 0.306 e. The molecule has 0 aliphatic heterocycles. The molecule has 0 amide bonds. The van der Waals surface area contributed by atoms with Crippen molar-refractivity contribution in [2.75, 3.05) is 67.6 Å². The zero-order chi connectivity index (χ0) is 34.9. The lowest BCUT2D eigenvalue weighted by atomic mass is 10.1. The van der Waals surface area contributed by atoms with Gasteiger partial charge in [0.05, 0.1) is 41.3 Å². The summed E-state index contributed by atoms with van der Waals surface area (Å²) in [5.74, 6) is -0.410. The minimum Gasteiger partial charge on any atom is -1.00 e. The number of ether oxygens (including phenoxy) is 2. The molecule has 8 heteroatoms. The third kappa shape index (κ3) is 40.4. The van der Waals surface area contributed by atoms with Gasteiger partial charge in [0.15, 0.2) is 0 Å². The molecule has 0 atom stereocenters. The predicted molar refractivity (Wildman–Crippen MR) is 202 cm³/mol. The molecule has 0 saturated carbocycles. The Morgan fingerprint density at radius 3 is 0.878 bits per heavy atom. The maximum Gasteiger partial charge on any atom is 0.306 e. The van der Waals surface area contributed by atoms with E-state index in [9.17, 15) is 9.59 Å². The molecule has 0 unspecified atom stereocenters. The maximum absolute atomic E-state index is 12.2. The number of hydrogen-bond acceptors (Lipinski definition) is 4. The first-order valence-electron chi connectivity index (χ1n) is 20.6. The Morgan fingerprint density at radius 2 is 0.612 bits per heavy atom. The first-order chi connectivity index (χ1) is 22.6. The summed E-state index contributed by atoms with van der Waals surface area (Å²) in [6.07, 6.45) is 33.9. The largest absolute Gasteiger partial charge is 1.00 e. The van der Waals surface area contributed by atoms with Gasteiger partial charge in [0.25, 0.3) is 0 Å². The van der Waals surface area contributed by atoms with Crippen molar-refractivity contribution in [1.29, 1.82) is 0 Å². The highest BCUT2D eigenvalue weighted by Gasteiger charge is 2.17. The summed E-state index contributed by atoms with van der Waals surface area (Å²) < 4.78 is 12.7. The van der Waals surface area contributed by atoms with Gasteiger partial charge in [-0.3, -0.25) is 9.59 Å². The quantitative estimate of drug-likeness (QED) is 0.0518. The molecule has 0 spiro atoms. The van der Waals surface area contributed by atoms with Crippen LogP contribution in [-0.2, 0) is 19.1 Å². The number of nitrogens with zero attached hydrogens (tertiary/aromatic N) is 2. The Kier molecular flexibility index (Phi) is 40.8. The Hall–Kier alpha value is -0.180. The Labute approximate surface area is 327 Å². The van der Waals surface area contributed by atoms with Crippen molar-refractivity contribution in [2.24, 2.45) is 0 Å². The number of esters is 2. The van der Waals surface area contributed by atoms with Crippen LogP contribution in [0.25, 0.3) is 0 Å². The molecule has 0 aromatic carbocycles. The number of unbranched alkanes of at least 4 members (excludes halogenated alkanes) is 22. The van der Waals surface area contributed by atoms with Gasteiger partial charge in [-0.1, -0.05) is 142 Å². The Morgan fingerprint density at radius 1 is 0.367 bits per heavy atom. The standard InChI is InChI=1S/C41H84N2O4.2BrH/c1-7-9-11-13-15-17-19-21-23-25-27-29-34-42(3,4)36-38-46-40(44)32-31-33-41(45)47-39-37-43(5,6)35-30-28-26-24-22-20-18-16-14-12-10-8-2;;/h7-39H2,1-6H3;2*1H/q+2;;/p-2. The first-order valence-corrected chi connectivity index (χ1v) is 20.6. The van der Waals surface area contributed by atoms with Gasteiger partial charge in [0.1, 0.15) is 26.3 Å². The maximum atomic E-state index is 12.2. The van der Waals surface area contributed by atoms with Crippen LogP contribution in [-0.4, -0.2) is 88.5 Å². The van der Waals surface area contributed by atoms with E-state index in [0.717, 1.165) is 35.1 Å². The zero-order valence-electron chi connectivity index (χ0n) is 33.6. The lowest BCUT2D eigenvalue weighted by molar-refractivity contribution is -0.890. The van der Waals surface area contributed by atoms with E-state index in [-0.39, 0.29) is 58.7 Å². The van der Waals surface area contributed by atoms with Crippen LogP contribution in [0, 0.1) is 0 Å². The van der Waals surface area contributed by atoms with Crippen LogP contribution >= 0.6 is 0 Å². The van der Waals surface area contributed by atoms with E-state index in [1.54, 1.807) is 0 Å². The Balaban J connectivity index is -0.0000106. The number of likely N-dealkylation sites (N-methyl/N-ethyl adjacent to an activating group) is 2. The average molecular weight is 829 g/mol. The molecule has 0 N–H and O–H groups in total. The molecule has 0 saturated heterocycles.